The number of hydrogen-bond acceptors (Lipinski definition) is 3. The monoisotopic (exact) mass is 190 g/mol. The summed E-state index contributed by atoms with van der Waals surface area (Å²) in [5.41, 5.74) is 0. The van der Waals surface area contributed by atoms with E-state index in [1.165, 1.54) is 30.8 Å². The third-order valence-electron chi connectivity index (χ3n) is 2.49. The molecule has 1 aliphatic carbocycles. The molecular formula is C8H14OS2. The van der Waals surface area contributed by atoms with Gasteiger partial charge in [0.1, 0.15) is 0 Å². The Morgan fingerprint density at radius 1 is 1.18 bits per heavy atom. The Bertz CT molecular complexity index is 143. The molecule has 1 N–H and O–H groups in total. The number of aliphatic hydroxyl groups is 1. The van der Waals surface area contributed by atoms with Crippen molar-refractivity contribution in [3.05, 3.63) is 0 Å². The van der Waals surface area contributed by atoms with Crippen LogP contribution in [-0.4, -0.2) is 26.8 Å². The zero-order chi connectivity index (χ0) is 7.73. The van der Waals surface area contributed by atoms with Gasteiger partial charge in [0.25, 0.3) is 0 Å². The predicted molar refractivity (Wildman–Crippen MR) is 52.1 cm³/mol. The highest BCUT2D eigenvalue weighted by Crippen LogP contribution is 2.52. The molecule has 1 heterocycles. The lowest BCUT2D eigenvalue weighted by molar-refractivity contribution is 0.179. The van der Waals surface area contributed by atoms with E-state index in [0.29, 0.717) is 0 Å². The predicted octanol–water partition coefficient (Wildman–Crippen LogP) is 2.10. The minimum atomic E-state index is -0.0298. The van der Waals surface area contributed by atoms with Crippen LogP contribution in [0.5, 0.6) is 0 Å². The number of aliphatic hydroxyl groups excluding tert-OH is 1. The molecule has 1 nitrogen and oxygen atoms in total. The van der Waals surface area contributed by atoms with Crippen LogP contribution in [0.25, 0.3) is 0 Å². The molecule has 1 aliphatic heterocycles. The van der Waals surface area contributed by atoms with Gasteiger partial charge in [-0.25, -0.2) is 0 Å². The largest absolute Gasteiger partial charge is 0.391 e. The van der Waals surface area contributed by atoms with Gasteiger partial charge in [-0.3, -0.25) is 0 Å². The molecule has 0 aromatic rings. The first kappa shape index (κ1) is 8.27. The Morgan fingerprint density at radius 3 is 2.45 bits per heavy atom. The van der Waals surface area contributed by atoms with E-state index >= 15 is 0 Å². The molecule has 11 heavy (non-hydrogen) atoms. The van der Waals surface area contributed by atoms with Gasteiger partial charge in [0.05, 0.1) is 10.2 Å². The van der Waals surface area contributed by atoms with E-state index in [-0.39, 0.29) is 10.2 Å². The van der Waals surface area contributed by atoms with Crippen LogP contribution in [-0.2, 0) is 0 Å². The van der Waals surface area contributed by atoms with Crippen LogP contribution in [0.15, 0.2) is 0 Å². The van der Waals surface area contributed by atoms with Crippen molar-refractivity contribution in [2.24, 2.45) is 0 Å². The fourth-order valence-electron chi connectivity index (χ4n) is 1.86. The standard InChI is InChI=1S/C8H14OS2/c9-7-3-1-4-8(7)10-5-2-6-11-8/h7,9H,1-6H2. The highest BCUT2D eigenvalue weighted by atomic mass is 32.2. The lowest BCUT2D eigenvalue weighted by Gasteiger charge is -2.34. The van der Waals surface area contributed by atoms with Crippen LogP contribution < -0.4 is 0 Å². The third-order valence-corrected chi connectivity index (χ3v) is 6.11. The third kappa shape index (κ3) is 1.43. The zero-order valence-electron chi connectivity index (χ0n) is 6.58. The normalized spacial score (nSPS) is 36.3. The summed E-state index contributed by atoms with van der Waals surface area (Å²) in [5, 5.41) is 9.76. The summed E-state index contributed by atoms with van der Waals surface area (Å²) in [4.78, 5) is 0. The summed E-state index contributed by atoms with van der Waals surface area (Å²) in [6.07, 6.45) is 4.77. The number of hydrogen-bond donors (Lipinski definition) is 1. The lowest BCUT2D eigenvalue weighted by atomic mass is 10.3. The van der Waals surface area contributed by atoms with Crippen molar-refractivity contribution in [1.29, 1.82) is 0 Å². The van der Waals surface area contributed by atoms with E-state index < -0.39 is 0 Å². The Kier molecular flexibility index (Phi) is 2.40. The van der Waals surface area contributed by atoms with Crippen LogP contribution in [0.3, 0.4) is 0 Å². The van der Waals surface area contributed by atoms with E-state index in [9.17, 15) is 5.11 Å². The second-order valence-corrected chi connectivity index (χ2v) is 6.38. The van der Waals surface area contributed by atoms with Crippen LogP contribution in [0, 0.1) is 0 Å². The SMILES string of the molecule is OC1CCCC12SCCCS2. The summed E-state index contributed by atoms with van der Waals surface area (Å²) in [5.74, 6) is 2.51. The van der Waals surface area contributed by atoms with Gasteiger partial charge < -0.3 is 5.11 Å². The molecule has 2 aliphatic rings. The van der Waals surface area contributed by atoms with Crippen molar-refractivity contribution in [2.45, 2.75) is 35.9 Å². The van der Waals surface area contributed by atoms with Crippen molar-refractivity contribution < 1.29 is 5.11 Å². The number of rotatable bonds is 0. The first-order valence-corrected chi connectivity index (χ1v) is 6.27. The van der Waals surface area contributed by atoms with Crippen LogP contribution >= 0.6 is 23.5 Å². The molecule has 64 valence electrons. The van der Waals surface area contributed by atoms with Crippen LogP contribution in [0.1, 0.15) is 25.7 Å². The maximum Gasteiger partial charge on any atom is 0.0868 e. The fraction of sp³-hybridized carbons (Fsp3) is 1.00. The molecule has 1 saturated heterocycles. The van der Waals surface area contributed by atoms with Gasteiger partial charge in [0, 0.05) is 0 Å². The highest BCUT2D eigenvalue weighted by Gasteiger charge is 2.44. The zero-order valence-corrected chi connectivity index (χ0v) is 8.22. The van der Waals surface area contributed by atoms with Crippen molar-refractivity contribution in [2.75, 3.05) is 11.5 Å². The molecule has 3 heteroatoms. The van der Waals surface area contributed by atoms with Crippen molar-refractivity contribution >= 4 is 23.5 Å². The number of thioether (sulfide) groups is 2. The Labute approximate surface area is 76.3 Å². The minimum Gasteiger partial charge on any atom is -0.391 e. The van der Waals surface area contributed by atoms with Gasteiger partial charge in [-0.1, -0.05) is 0 Å². The topological polar surface area (TPSA) is 20.2 Å². The van der Waals surface area contributed by atoms with Gasteiger partial charge in [-0.15, -0.1) is 23.5 Å². The maximum absolute atomic E-state index is 9.76. The summed E-state index contributed by atoms with van der Waals surface area (Å²) >= 11 is 3.99. The minimum absolute atomic E-state index is 0.0298. The summed E-state index contributed by atoms with van der Waals surface area (Å²) in [6.45, 7) is 0. The average molecular weight is 190 g/mol. The van der Waals surface area contributed by atoms with Gasteiger partial charge in [0.15, 0.2) is 0 Å². The van der Waals surface area contributed by atoms with Crippen molar-refractivity contribution in [3.8, 4) is 0 Å². The fourth-order valence-corrected chi connectivity index (χ4v) is 5.34. The first-order valence-electron chi connectivity index (χ1n) is 4.29. The molecule has 1 unspecified atom stereocenters. The Hall–Kier alpha value is 0.660. The lowest BCUT2D eigenvalue weighted by Crippen LogP contribution is -2.33. The van der Waals surface area contributed by atoms with Gasteiger partial charge in [-0.05, 0) is 37.2 Å². The summed E-state index contributed by atoms with van der Waals surface area (Å²) < 4.78 is 0.220. The molecule has 2 rings (SSSR count). The second kappa shape index (κ2) is 3.19. The Morgan fingerprint density at radius 2 is 1.91 bits per heavy atom. The van der Waals surface area contributed by atoms with E-state index in [1.807, 2.05) is 23.5 Å². The van der Waals surface area contributed by atoms with E-state index in [0.717, 1.165) is 6.42 Å². The van der Waals surface area contributed by atoms with Gasteiger partial charge in [0.2, 0.25) is 0 Å². The maximum atomic E-state index is 9.76. The summed E-state index contributed by atoms with van der Waals surface area (Å²) in [7, 11) is 0. The first-order chi connectivity index (χ1) is 5.33. The Balaban J connectivity index is 2.06. The van der Waals surface area contributed by atoms with Gasteiger partial charge >= 0.3 is 0 Å². The molecule has 0 radical (unpaired) electrons. The molecule has 1 atom stereocenters. The van der Waals surface area contributed by atoms with Crippen molar-refractivity contribution in [1.82, 2.24) is 0 Å². The molecule has 1 spiro atoms. The smallest absolute Gasteiger partial charge is 0.0868 e. The molecule has 2 fully saturated rings. The highest BCUT2D eigenvalue weighted by molar-refractivity contribution is 8.18. The van der Waals surface area contributed by atoms with Gasteiger partial charge in [-0.2, -0.15) is 0 Å². The van der Waals surface area contributed by atoms with E-state index in [2.05, 4.69) is 0 Å². The quantitative estimate of drug-likeness (QED) is 0.631. The molecular weight excluding hydrogens is 176 g/mol. The van der Waals surface area contributed by atoms with Crippen molar-refractivity contribution in [3.63, 3.8) is 0 Å². The molecule has 0 amide bonds. The molecule has 0 aromatic carbocycles. The molecule has 0 bridgehead atoms. The molecule has 1 saturated carbocycles. The van der Waals surface area contributed by atoms with Crippen LogP contribution in [0.4, 0.5) is 0 Å². The van der Waals surface area contributed by atoms with E-state index in [4.69, 9.17) is 0 Å². The molecule has 0 aromatic heterocycles. The summed E-state index contributed by atoms with van der Waals surface area (Å²) in [6, 6.07) is 0. The second-order valence-electron chi connectivity index (χ2n) is 3.27. The van der Waals surface area contributed by atoms with Crippen LogP contribution in [0.2, 0.25) is 0 Å². The average Bonchev–Trinajstić information content (AvgIpc) is 2.36. The van der Waals surface area contributed by atoms with E-state index in [1.54, 1.807) is 0 Å².